The molecule has 60 heavy (non-hydrogen) atoms. The molecule has 0 radical (unpaired) electrons. The average molecular weight is 763 g/mol. The molecule has 0 saturated carbocycles. The molecule has 0 atom stereocenters. The Balaban J connectivity index is 1.08. The average Bonchev–Trinajstić information content (AvgIpc) is 3.33. The Morgan fingerprint density at radius 1 is 0.267 bits per heavy atom. The van der Waals surface area contributed by atoms with Crippen molar-refractivity contribution in [3.63, 3.8) is 0 Å². The second-order valence-corrected chi connectivity index (χ2v) is 15.0. The smallest absolute Gasteiger partial charge is 0.194 e. The van der Waals surface area contributed by atoms with Crippen LogP contribution in [-0.2, 0) is 0 Å². The zero-order valence-electron chi connectivity index (χ0n) is 32.4. The van der Waals surface area contributed by atoms with Gasteiger partial charge in [-0.05, 0) is 94.7 Å². The summed E-state index contributed by atoms with van der Waals surface area (Å²) in [5.41, 5.74) is 10.2. The normalized spacial score (nSPS) is 11.3. The van der Waals surface area contributed by atoms with Crippen LogP contribution >= 0.6 is 0 Å². The van der Waals surface area contributed by atoms with E-state index in [2.05, 4.69) is 163 Å². The van der Waals surface area contributed by atoms with Gasteiger partial charge in [0, 0.05) is 16.7 Å². The van der Waals surface area contributed by atoms with Gasteiger partial charge in [-0.3, -0.25) is 0 Å². The van der Waals surface area contributed by atoms with Crippen molar-refractivity contribution in [1.82, 2.24) is 15.0 Å². The third kappa shape index (κ3) is 6.05. The fraction of sp³-hybridized carbons (Fsp3) is 0. The Kier molecular flexibility index (Phi) is 8.50. The monoisotopic (exact) mass is 762 g/mol. The summed E-state index contributed by atoms with van der Waals surface area (Å²) in [6.07, 6.45) is 0. The van der Waals surface area contributed by atoms with Crippen molar-refractivity contribution in [2.24, 2.45) is 0 Å². The van der Waals surface area contributed by atoms with E-state index in [1.165, 1.54) is 26.9 Å². The number of rotatable bonds is 6. The van der Waals surface area contributed by atoms with Gasteiger partial charge in [0.15, 0.2) is 23.2 Å². The lowest BCUT2D eigenvalue weighted by Crippen LogP contribution is -2.00. The van der Waals surface area contributed by atoms with Crippen molar-refractivity contribution < 1.29 is 0 Å². The number of aromatic nitrogens is 3. The molecule has 0 aliphatic rings. The van der Waals surface area contributed by atoms with E-state index in [0.29, 0.717) is 23.2 Å². The standard InChI is InChI=1S/C56H34N4/c1-57-53-32-31-47(42-21-12-13-26-48(42)53)50-35-52-44-23-9-8-22-43(44)49(34-51(52)46-25-11-10-24-45(46)50)40-19-14-20-41(33-40)56-59-54(38-17-6-3-7-18-38)58-55(60-56)39-29-27-37(28-30-39)36-15-4-2-5-16-36/h2-35H. The topological polar surface area (TPSA) is 43.0 Å². The predicted molar refractivity (Wildman–Crippen MR) is 249 cm³/mol. The lowest BCUT2D eigenvalue weighted by atomic mass is 9.86. The van der Waals surface area contributed by atoms with Crippen molar-refractivity contribution in [1.29, 1.82) is 0 Å². The summed E-state index contributed by atoms with van der Waals surface area (Å²) in [6, 6.07) is 71.9. The largest absolute Gasteiger partial charge is 0.238 e. The van der Waals surface area contributed by atoms with Gasteiger partial charge in [0.1, 0.15) is 0 Å². The summed E-state index contributed by atoms with van der Waals surface area (Å²) in [7, 11) is 0. The molecule has 10 aromatic carbocycles. The summed E-state index contributed by atoms with van der Waals surface area (Å²) in [6.45, 7) is 7.82. The second kappa shape index (κ2) is 14.6. The Morgan fingerprint density at radius 2 is 0.683 bits per heavy atom. The van der Waals surface area contributed by atoms with Crippen LogP contribution in [0.3, 0.4) is 0 Å². The summed E-state index contributed by atoms with van der Waals surface area (Å²) in [5, 5.41) is 9.11. The summed E-state index contributed by atoms with van der Waals surface area (Å²) in [4.78, 5) is 19.1. The van der Waals surface area contributed by atoms with Crippen LogP contribution in [0.4, 0.5) is 5.69 Å². The molecule has 0 spiro atoms. The summed E-state index contributed by atoms with van der Waals surface area (Å²) < 4.78 is 0. The van der Waals surface area contributed by atoms with Gasteiger partial charge >= 0.3 is 0 Å². The van der Waals surface area contributed by atoms with E-state index in [9.17, 15) is 0 Å². The van der Waals surface area contributed by atoms with Gasteiger partial charge < -0.3 is 0 Å². The number of hydrogen-bond acceptors (Lipinski definition) is 3. The fourth-order valence-electron chi connectivity index (χ4n) is 8.65. The molecule has 11 rings (SSSR count). The van der Waals surface area contributed by atoms with Crippen LogP contribution in [0.15, 0.2) is 206 Å². The van der Waals surface area contributed by atoms with Gasteiger partial charge in [0.05, 0.1) is 6.57 Å². The molecule has 0 N–H and O–H groups in total. The highest BCUT2D eigenvalue weighted by molar-refractivity contribution is 6.25. The van der Waals surface area contributed by atoms with Crippen molar-refractivity contribution in [3.8, 4) is 67.5 Å². The van der Waals surface area contributed by atoms with E-state index < -0.39 is 0 Å². The van der Waals surface area contributed by atoms with E-state index in [4.69, 9.17) is 21.5 Å². The zero-order valence-corrected chi connectivity index (χ0v) is 32.4. The molecular formula is C56H34N4. The quantitative estimate of drug-likeness (QED) is 0.125. The lowest BCUT2D eigenvalue weighted by molar-refractivity contribution is 1.07. The molecule has 0 fully saturated rings. The van der Waals surface area contributed by atoms with Gasteiger partial charge in [-0.1, -0.05) is 188 Å². The molecule has 0 bridgehead atoms. The maximum atomic E-state index is 7.82. The molecule has 1 heterocycles. The van der Waals surface area contributed by atoms with Crippen LogP contribution < -0.4 is 0 Å². The zero-order chi connectivity index (χ0) is 40.0. The number of hydrogen-bond donors (Lipinski definition) is 0. The number of fused-ring (bicyclic) bond motifs is 6. The van der Waals surface area contributed by atoms with Gasteiger partial charge in [-0.2, -0.15) is 0 Å². The first-order chi connectivity index (χ1) is 29.7. The van der Waals surface area contributed by atoms with Crippen LogP contribution in [0, 0.1) is 6.57 Å². The second-order valence-electron chi connectivity index (χ2n) is 15.0. The van der Waals surface area contributed by atoms with E-state index in [1.54, 1.807) is 0 Å². The Morgan fingerprint density at radius 3 is 1.30 bits per heavy atom. The van der Waals surface area contributed by atoms with Crippen LogP contribution in [0.2, 0.25) is 0 Å². The Bertz CT molecular complexity index is 3480. The van der Waals surface area contributed by atoms with Crippen LogP contribution in [-0.4, -0.2) is 15.0 Å². The lowest BCUT2D eigenvalue weighted by Gasteiger charge is -2.17. The van der Waals surface area contributed by atoms with Gasteiger partial charge in [0.25, 0.3) is 0 Å². The van der Waals surface area contributed by atoms with Crippen LogP contribution in [0.1, 0.15) is 0 Å². The minimum Gasteiger partial charge on any atom is -0.238 e. The molecule has 0 saturated heterocycles. The molecule has 11 aromatic rings. The van der Waals surface area contributed by atoms with Crippen molar-refractivity contribution >= 4 is 48.8 Å². The Labute approximate surface area is 347 Å². The number of nitrogens with zero attached hydrogens (tertiary/aromatic N) is 4. The van der Waals surface area contributed by atoms with Gasteiger partial charge in [-0.25, -0.2) is 19.8 Å². The minimum absolute atomic E-state index is 0.615. The number of benzene rings is 10. The van der Waals surface area contributed by atoms with E-state index in [-0.39, 0.29) is 0 Å². The first-order valence-corrected chi connectivity index (χ1v) is 20.1. The van der Waals surface area contributed by atoms with Gasteiger partial charge in [0.2, 0.25) is 0 Å². The van der Waals surface area contributed by atoms with Crippen LogP contribution in [0.5, 0.6) is 0 Å². The predicted octanol–water partition coefficient (Wildman–Crippen LogP) is 15.0. The summed E-state index contributed by atoms with van der Waals surface area (Å²) >= 11 is 0. The fourth-order valence-corrected chi connectivity index (χ4v) is 8.65. The highest BCUT2D eigenvalue weighted by Crippen LogP contribution is 2.44. The third-order valence-corrected chi connectivity index (χ3v) is 11.5. The minimum atomic E-state index is 0.615. The molecule has 0 aliphatic heterocycles. The maximum Gasteiger partial charge on any atom is 0.194 e. The molecule has 278 valence electrons. The van der Waals surface area contributed by atoms with Crippen molar-refractivity contribution in [2.45, 2.75) is 0 Å². The SMILES string of the molecule is [C-]#[N+]c1ccc(-c2cc3c4ccccc4c(-c4cccc(-c5nc(-c6ccccc6)nc(-c6ccc(-c7ccccc7)cc6)n5)c4)cc3c3ccccc23)c2ccccc12. The molecule has 0 amide bonds. The first kappa shape index (κ1) is 34.9. The van der Waals surface area contributed by atoms with Crippen LogP contribution in [0.25, 0.3) is 115 Å². The highest BCUT2D eigenvalue weighted by atomic mass is 15.0. The highest BCUT2D eigenvalue weighted by Gasteiger charge is 2.18. The summed E-state index contributed by atoms with van der Waals surface area (Å²) in [5.74, 6) is 1.87. The molecule has 1 aromatic heterocycles. The van der Waals surface area contributed by atoms with Crippen molar-refractivity contribution in [3.05, 3.63) is 218 Å². The third-order valence-electron chi connectivity index (χ3n) is 11.5. The molecule has 0 unspecified atom stereocenters. The Hall–Kier alpha value is -8.26. The molecular weight excluding hydrogens is 729 g/mol. The molecule has 4 heteroatoms. The van der Waals surface area contributed by atoms with E-state index >= 15 is 0 Å². The van der Waals surface area contributed by atoms with Gasteiger partial charge in [-0.15, -0.1) is 0 Å². The van der Waals surface area contributed by atoms with E-state index in [0.717, 1.165) is 66.2 Å². The molecule has 4 nitrogen and oxygen atoms in total. The van der Waals surface area contributed by atoms with E-state index in [1.807, 2.05) is 48.5 Å². The first-order valence-electron chi connectivity index (χ1n) is 20.1. The molecule has 0 aliphatic carbocycles. The maximum absolute atomic E-state index is 7.82. The van der Waals surface area contributed by atoms with Crippen molar-refractivity contribution in [2.75, 3.05) is 0 Å².